The van der Waals surface area contributed by atoms with Gasteiger partial charge in [0.25, 0.3) is 0 Å². The van der Waals surface area contributed by atoms with Gasteiger partial charge in [-0.25, -0.2) is 0 Å². The number of rotatable bonds is 7. The van der Waals surface area contributed by atoms with Gasteiger partial charge in [0, 0.05) is 24.5 Å². The maximum absolute atomic E-state index is 12.4. The molecule has 2 atom stereocenters. The van der Waals surface area contributed by atoms with E-state index in [1.807, 2.05) is 12.1 Å². The smallest absolute Gasteiger partial charge is 0.220 e. The van der Waals surface area contributed by atoms with Gasteiger partial charge >= 0.3 is 0 Å². The molecule has 2 N–H and O–H groups in total. The van der Waals surface area contributed by atoms with Crippen LogP contribution in [0.4, 0.5) is 0 Å². The summed E-state index contributed by atoms with van der Waals surface area (Å²) in [6.07, 6.45) is 5.60. The predicted octanol–water partition coefficient (Wildman–Crippen LogP) is 2.04. The highest BCUT2D eigenvalue weighted by atomic mass is 16.5. The summed E-state index contributed by atoms with van der Waals surface area (Å²) < 4.78 is 16.2. The zero-order chi connectivity index (χ0) is 17.8. The second-order valence-corrected chi connectivity index (χ2v) is 6.87. The second kappa shape index (κ2) is 7.95. The maximum Gasteiger partial charge on any atom is 0.220 e. The topological polar surface area (TPSA) is 68.8 Å². The van der Waals surface area contributed by atoms with E-state index in [-0.39, 0.29) is 5.91 Å². The molecule has 0 radical (unpaired) electrons. The fourth-order valence-corrected chi connectivity index (χ4v) is 4.08. The van der Waals surface area contributed by atoms with Crippen molar-refractivity contribution in [3.8, 4) is 17.2 Å². The van der Waals surface area contributed by atoms with Gasteiger partial charge in [-0.15, -0.1) is 0 Å². The van der Waals surface area contributed by atoms with Crippen molar-refractivity contribution in [2.24, 2.45) is 0 Å². The van der Waals surface area contributed by atoms with Crippen LogP contribution in [0.25, 0.3) is 0 Å². The quantitative estimate of drug-likeness (QED) is 0.789. The molecule has 0 aliphatic carbocycles. The number of hydrogen-bond donors (Lipinski definition) is 2. The number of methoxy groups -OCH3 is 3. The average Bonchev–Trinajstić information content (AvgIpc) is 2.97. The number of hydrogen-bond acceptors (Lipinski definition) is 5. The van der Waals surface area contributed by atoms with Gasteiger partial charge in [-0.3, -0.25) is 4.79 Å². The number of benzene rings is 1. The summed E-state index contributed by atoms with van der Waals surface area (Å²) in [5.74, 6) is 1.92. The summed E-state index contributed by atoms with van der Waals surface area (Å²) in [6.45, 7) is 0. The fourth-order valence-electron chi connectivity index (χ4n) is 4.08. The largest absolute Gasteiger partial charge is 0.493 e. The Labute approximate surface area is 149 Å². The first-order valence-electron chi connectivity index (χ1n) is 8.97. The number of carbonyl (C=O) groups is 1. The van der Waals surface area contributed by atoms with Crippen LogP contribution in [-0.2, 0) is 11.2 Å². The maximum atomic E-state index is 12.4. The van der Waals surface area contributed by atoms with E-state index in [2.05, 4.69) is 10.6 Å². The molecule has 1 aromatic rings. The van der Waals surface area contributed by atoms with Gasteiger partial charge in [0.15, 0.2) is 11.5 Å². The van der Waals surface area contributed by atoms with E-state index in [4.69, 9.17) is 14.2 Å². The number of fused-ring (bicyclic) bond motifs is 2. The Balaban J connectivity index is 1.58. The van der Waals surface area contributed by atoms with Gasteiger partial charge in [0.1, 0.15) is 0 Å². The first kappa shape index (κ1) is 17.9. The summed E-state index contributed by atoms with van der Waals surface area (Å²) in [6, 6.07) is 5.24. The minimum atomic E-state index is 0.100. The lowest BCUT2D eigenvalue weighted by atomic mass is 9.99. The van der Waals surface area contributed by atoms with Crippen LogP contribution in [-0.4, -0.2) is 45.4 Å². The van der Waals surface area contributed by atoms with Crippen molar-refractivity contribution in [3.63, 3.8) is 0 Å². The first-order chi connectivity index (χ1) is 12.1. The minimum absolute atomic E-state index is 0.100. The van der Waals surface area contributed by atoms with Crippen molar-refractivity contribution in [3.05, 3.63) is 17.7 Å². The lowest BCUT2D eigenvalue weighted by molar-refractivity contribution is -0.122. The monoisotopic (exact) mass is 348 g/mol. The molecule has 138 valence electrons. The molecule has 1 amide bonds. The van der Waals surface area contributed by atoms with Crippen molar-refractivity contribution in [2.75, 3.05) is 21.3 Å². The molecule has 0 saturated carbocycles. The molecule has 0 spiro atoms. The van der Waals surface area contributed by atoms with E-state index in [1.165, 1.54) is 12.8 Å². The molecular formula is C19H28N2O4. The summed E-state index contributed by atoms with van der Waals surface area (Å²) in [5, 5.41) is 6.80. The van der Waals surface area contributed by atoms with Gasteiger partial charge in [-0.05, 0) is 43.7 Å². The van der Waals surface area contributed by atoms with Crippen LogP contribution in [0.1, 0.15) is 37.7 Å². The third kappa shape index (κ3) is 4.00. The van der Waals surface area contributed by atoms with Crippen molar-refractivity contribution in [2.45, 2.75) is 56.7 Å². The summed E-state index contributed by atoms with van der Waals surface area (Å²) >= 11 is 0. The SMILES string of the molecule is COc1ccc(CCC(=O)NC2CC3CCC(C2)N3)c(OC)c1OC. The molecule has 2 unspecified atom stereocenters. The lowest BCUT2D eigenvalue weighted by Crippen LogP contribution is -2.48. The first-order valence-corrected chi connectivity index (χ1v) is 8.97. The molecule has 25 heavy (non-hydrogen) atoms. The van der Waals surface area contributed by atoms with Gasteiger partial charge in [0.2, 0.25) is 11.7 Å². The number of carbonyl (C=O) groups excluding carboxylic acids is 1. The predicted molar refractivity (Wildman–Crippen MR) is 95.5 cm³/mol. The number of amides is 1. The number of piperidine rings is 1. The average molecular weight is 348 g/mol. The van der Waals surface area contributed by atoms with Gasteiger partial charge in [-0.2, -0.15) is 0 Å². The van der Waals surface area contributed by atoms with E-state index in [9.17, 15) is 4.79 Å². The highest BCUT2D eigenvalue weighted by Gasteiger charge is 2.33. The molecule has 2 aliphatic rings. The van der Waals surface area contributed by atoms with Crippen LogP contribution >= 0.6 is 0 Å². The molecule has 1 aromatic carbocycles. The number of aryl methyl sites for hydroxylation is 1. The molecule has 2 saturated heterocycles. The highest BCUT2D eigenvalue weighted by molar-refractivity contribution is 5.76. The molecular weight excluding hydrogens is 320 g/mol. The normalized spacial score (nSPS) is 24.7. The summed E-state index contributed by atoms with van der Waals surface area (Å²) in [7, 11) is 4.78. The van der Waals surface area contributed by atoms with E-state index < -0.39 is 0 Å². The van der Waals surface area contributed by atoms with Crippen LogP contribution in [0.2, 0.25) is 0 Å². The molecule has 0 aromatic heterocycles. The zero-order valence-corrected chi connectivity index (χ0v) is 15.3. The Hall–Kier alpha value is -1.95. The highest BCUT2D eigenvalue weighted by Crippen LogP contribution is 2.40. The van der Waals surface area contributed by atoms with Gasteiger partial charge < -0.3 is 24.8 Å². The van der Waals surface area contributed by atoms with E-state index >= 15 is 0 Å². The summed E-state index contributed by atoms with van der Waals surface area (Å²) in [5.41, 5.74) is 0.945. The Morgan fingerprint density at radius 2 is 1.76 bits per heavy atom. The van der Waals surface area contributed by atoms with Crippen LogP contribution in [0.3, 0.4) is 0 Å². The van der Waals surface area contributed by atoms with Crippen molar-refractivity contribution in [1.82, 2.24) is 10.6 Å². The fraction of sp³-hybridized carbons (Fsp3) is 0.632. The Morgan fingerprint density at radius 1 is 1.08 bits per heavy atom. The van der Waals surface area contributed by atoms with Crippen LogP contribution < -0.4 is 24.8 Å². The molecule has 2 aliphatic heterocycles. The molecule has 6 heteroatoms. The van der Waals surface area contributed by atoms with Gasteiger partial charge in [0.05, 0.1) is 21.3 Å². The minimum Gasteiger partial charge on any atom is -0.493 e. The molecule has 3 rings (SSSR count). The van der Waals surface area contributed by atoms with Crippen molar-refractivity contribution >= 4 is 5.91 Å². The third-order valence-electron chi connectivity index (χ3n) is 5.25. The van der Waals surface area contributed by atoms with E-state index in [0.29, 0.717) is 48.2 Å². The Morgan fingerprint density at radius 3 is 2.36 bits per heavy atom. The Bertz CT molecular complexity index is 608. The third-order valence-corrected chi connectivity index (χ3v) is 5.25. The molecule has 6 nitrogen and oxygen atoms in total. The number of nitrogens with one attached hydrogen (secondary N) is 2. The molecule has 2 fully saturated rings. The van der Waals surface area contributed by atoms with E-state index in [0.717, 1.165) is 18.4 Å². The van der Waals surface area contributed by atoms with Gasteiger partial charge in [-0.1, -0.05) is 6.07 Å². The Kier molecular flexibility index (Phi) is 5.68. The van der Waals surface area contributed by atoms with Crippen LogP contribution in [0.15, 0.2) is 12.1 Å². The zero-order valence-electron chi connectivity index (χ0n) is 15.3. The second-order valence-electron chi connectivity index (χ2n) is 6.87. The van der Waals surface area contributed by atoms with Crippen molar-refractivity contribution in [1.29, 1.82) is 0 Å². The lowest BCUT2D eigenvalue weighted by Gasteiger charge is -2.29. The van der Waals surface area contributed by atoms with Crippen LogP contribution in [0.5, 0.6) is 17.2 Å². The summed E-state index contributed by atoms with van der Waals surface area (Å²) in [4.78, 5) is 12.4. The standard InChI is InChI=1S/C19H28N2O4/c1-23-16-8-4-12(18(24-2)19(16)25-3)5-9-17(22)21-15-10-13-6-7-14(11-15)20-13/h4,8,13-15,20H,5-7,9-11H2,1-3H3,(H,21,22). The molecule has 2 heterocycles. The van der Waals surface area contributed by atoms with Crippen molar-refractivity contribution < 1.29 is 19.0 Å². The van der Waals surface area contributed by atoms with Crippen LogP contribution in [0, 0.1) is 0 Å². The van der Waals surface area contributed by atoms with E-state index in [1.54, 1.807) is 21.3 Å². The molecule has 2 bridgehead atoms. The number of ether oxygens (including phenoxy) is 3.